The molecule has 29 heavy (non-hydrogen) atoms. The quantitative estimate of drug-likeness (QED) is 0.642. The summed E-state index contributed by atoms with van der Waals surface area (Å²) in [6.45, 7) is -0.617. The zero-order valence-corrected chi connectivity index (χ0v) is 15.3. The summed E-state index contributed by atoms with van der Waals surface area (Å²) < 4.78 is 33.1. The van der Waals surface area contributed by atoms with Gasteiger partial charge in [-0.05, 0) is 43.2 Å². The largest absolute Gasteiger partial charge is 0.451 e. The molecule has 1 amide bonds. The molecule has 2 aromatic carbocycles. The fourth-order valence-electron chi connectivity index (χ4n) is 2.87. The Morgan fingerprint density at radius 3 is 2.55 bits per heavy atom. The Morgan fingerprint density at radius 2 is 1.86 bits per heavy atom. The molecule has 0 atom stereocenters. The van der Waals surface area contributed by atoms with E-state index in [2.05, 4.69) is 10.4 Å². The number of aromatic nitrogens is 2. The number of nitrogens with one attached hydrogen (secondary N) is 1. The van der Waals surface area contributed by atoms with E-state index in [1.54, 1.807) is 6.07 Å². The van der Waals surface area contributed by atoms with E-state index in [1.165, 1.54) is 4.68 Å². The Morgan fingerprint density at radius 1 is 1.10 bits per heavy atom. The summed E-state index contributed by atoms with van der Waals surface area (Å²) in [5.74, 6) is -2.80. The van der Waals surface area contributed by atoms with Gasteiger partial charge in [-0.3, -0.25) is 4.79 Å². The minimum atomic E-state index is -0.916. The summed E-state index contributed by atoms with van der Waals surface area (Å²) in [7, 11) is 0. The molecule has 1 N–H and O–H groups in total. The van der Waals surface area contributed by atoms with E-state index in [9.17, 15) is 18.4 Å². The molecule has 0 unspecified atom stereocenters. The van der Waals surface area contributed by atoms with Crippen molar-refractivity contribution < 1.29 is 23.1 Å². The molecule has 1 fully saturated rings. The SMILES string of the molecule is O=C(COC(=O)c1cc(C2CC2)nn1-c1ccccc1)Nc1ccc(F)cc1F. The zero-order valence-electron chi connectivity index (χ0n) is 15.3. The number of rotatable bonds is 6. The van der Waals surface area contributed by atoms with Crippen LogP contribution in [0.25, 0.3) is 5.69 Å². The van der Waals surface area contributed by atoms with Crippen molar-refractivity contribution in [3.63, 3.8) is 0 Å². The first-order chi connectivity index (χ1) is 14.0. The van der Waals surface area contributed by atoms with Gasteiger partial charge in [-0.25, -0.2) is 18.3 Å². The number of ether oxygens (including phenoxy) is 1. The topological polar surface area (TPSA) is 73.2 Å². The number of halogens is 2. The standard InChI is InChI=1S/C21H17F2N3O3/c22-14-8-9-17(16(23)10-14)24-20(27)12-29-21(28)19-11-18(13-6-7-13)25-26(19)15-4-2-1-3-5-15/h1-5,8-11,13H,6-7,12H2,(H,24,27). The molecule has 1 aliphatic rings. The molecule has 0 radical (unpaired) electrons. The highest BCUT2D eigenvalue weighted by Crippen LogP contribution is 2.39. The second-order valence-corrected chi connectivity index (χ2v) is 6.72. The molecule has 0 aliphatic heterocycles. The second-order valence-electron chi connectivity index (χ2n) is 6.72. The van der Waals surface area contributed by atoms with Gasteiger partial charge in [0.25, 0.3) is 5.91 Å². The molecule has 1 saturated carbocycles. The van der Waals surface area contributed by atoms with Crippen LogP contribution in [0.5, 0.6) is 0 Å². The van der Waals surface area contributed by atoms with E-state index in [0.717, 1.165) is 30.7 Å². The van der Waals surface area contributed by atoms with Gasteiger partial charge in [-0.15, -0.1) is 0 Å². The summed E-state index contributed by atoms with van der Waals surface area (Å²) in [6.07, 6.45) is 2.04. The Kier molecular flexibility index (Phi) is 5.07. The third kappa shape index (κ3) is 4.31. The first-order valence-corrected chi connectivity index (χ1v) is 9.08. The number of carbonyl (C=O) groups is 2. The van der Waals surface area contributed by atoms with Crippen LogP contribution in [0.15, 0.2) is 54.6 Å². The van der Waals surface area contributed by atoms with Crippen LogP contribution in [-0.4, -0.2) is 28.3 Å². The van der Waals surface area contributed by atoms with Crippen LogP contribution in [0.3, 0.4) is 0 Å². The van der Waals surface area contributed by atoms with E-state index < -0.39 is 30.1 Å². The van der Waals surface area contributed by atoms with E-state index in [-0.39, 0.29) is 11.4 Å². The van der Waals surface area contributed by atoms with Crippen molar-refractivity contribution in [1.82, 2.24) is 9.78 Å². The van der Waals surface area contributed by atoms with Crippen molar-refractivity contribution in [2.45, 2.75) is 18.8 Å². The predicted octanol–water partition coefficient (Wildman–Crippen LogP) is 3.82. The van der Waals surface area contributed by atoms with Crippen molar-refractivity contribution in [2.24, 2.45) is 0 Å². The fraction of sp³-hybridized carbons (Fsp3) is 0.190. The molecule has 0 spiro atoms. The number of carbonyl (C=O) groups excluding carboxylic acids is 2. The number of para-hydroxylation sites is 1. The fourth-order valence-corrected chi connectivity index (χ4v) is 2.87. The lowest BCUT2D eigenvalue weighted by atomic mass is 10.2. The minimum absolute atomic E-state index is 0.196. The third-order valence-electron chi connectivity index (χ3n) is 4.47. The average molecular weight is 397 g/mol. The lowest BCUT2D eigenvalue weighted by molar-refractivity contribution is -0.119. The van der Waals surface area contributed by atoms with Crippen LogP contribution in [0.4, 0.5) is 14.5 Å². The molecule has 148 valence electrons. The minimum Gasteiger partial charge on any atom is -0.451 e. The first kappa shape index (κ1) is 18.8. The predicted molar refractivity (Wildman–Crippen MR) is 101 cm³/mol. The van der Waals surface area contributed by atoms with E-state index in [4.69, 9.17) is 4.74 Å². The zero-order chi connectivity index (χ0) is 20.4. The second kappa shape index (κ2) is 7.83. The molecule has 0 saturated heterocycles. The molecule has 3 aromatic rings. The summed E-state index contributed by atoms with van der Waals surface area (Å²) in [6, 6.07) is 13.6. The van der Waals surface area contributed by atoms with Crippen LogP contribution in [-0.2, 0) is 9.53 Å². The monoisotopic (exact) mass is 397 g/mol. The maximum atomic E-state index is 13.6. The first-order valence-electron chi connectivity index (χ1n) is 9.08. The number of amides is 1. The Balaban J connectivity index is 1.46. The summed E-state index contributed by atoms with van der Waals surface area (Å²) in [5.41, 5.74) is 1.51. The molecule has 4 rings (SSSR count). The van der Waals surface area contributed by atoms with Crippen LogP contribution in [0.1, 0.15) is 34.9 Å². The van der Waals surface area contributed by atoms with Crippen molar-refractivity contribution in [2.75, 3.05) is 11.9 Å². The molecular weight excluding hydrogens is 380 g/mol. The van der Waals surface area contributed by atoms with Crippen molar-refractivity contribution in [3.05, 3.63) is 77.6 Å². The highest BCUT2D eigenvalue weighted by Gasteiger charge is 2.29. The van der Waals surface area contributed by atoms with Gasteiger partial charge in [0.2, 0.25) is 0 Å². The molecule has 6 nitrogen and oxygen atoms in total. The van der Waals surface area contributed by atoms with Crippen LogP contribution in [0, 0.1) is 11.6 Å². The number of benzene rings is 2. The van der Waals surface area contributed by atoms with Gasteiger partial charge < -0.3 is 10.1 Å². The number of hydrogen-bond donors (Lipinski definition) is 1. The lowest BCUT2D eigenvalue weighted by Gasteiger charge is -2.09. The Labute approximate surface area is 165 Å². The molecule has 8 heteroatoms. The van der Waals surface area contributed by atoms with Crippen LogP contribution < -0.4 is 5.32 Å². The van der Waals surface area contributed by atoms with Crippen molar-refractivity contribution >= 4 is 17.6 Å². The summed E-state index contributed by atoms with van der Waals surface area (Å²) >= 11 is 0. The van der Waals surface area contributed by atoms with Crippen molar-refractivity contribution in [3.8, 4) is 5.69 Å². The van der Waals surface area contributed by atoms with Crippen LogP contribution in [0.2, 0.25) is 0 Å². The van der Waals surface area contributed by atoms with Gasteiger partial charge in [0.15, 0.2) is 12.3 Å². The van der Waals surface area contributed by atoms with Gasteiger partial charge in [0, 0.05) is 12.0 Å². The van der Waals surface area contributed by atoms with Crippen LogP contribution >= 0.6 is 0 Å². The Hall–Kier alpha value is -3.55. The normalized spacial score (nSPS) is 13.2. The number of esters is 1. The molecule has 1 aliphatic carbocycles. The van der Waals surface area contributed by atoms with Gasteiger partial charge >= 0.3 is 5.97 Å². The van der Waals surface area contributed by atoms with E-state index in [1.807, 2.05) is 30.3 Å². The lowest BCUT2D eigenvalue weighted by Crippen LogP contribution is -2.22. The van der Waals surface area contributed by atoms with Gasteiger partial charge in [0.05, 0.1) is 17.1 Å². The number of nitrogens with zero attached hydrogens (tertiary/aromatic N) is 2. The van der Waals surface area contributed by atoms with Gasteiger partial charge in [0.1, 0.15) is 11.6 Å². The number of hydrogen-bond acceptors (Lipinski definition) is 4. The van der Waals surface area contributed by atoms with Gasteiger partial charge in [-0.1, -0.05) is 18.2 Å². The van der Waals surface area contributed by atoms with Gasteiger partial charge in [-0.2, -0.15) is 5.10 Å². The molecule has 0 bridgehead atoms. The van der Waals surface area contributed by atoms with E-state index in [0.29, 0.717) is 17.7 Å². The highest BCUT2D eigenvalue weighted by molar-refractivity contribution is 5.95. The van der Waals surface area contributed by atoms with E-state index >= 15 is 0 Å². The third-order valence-corrected chi connectivity index (χ3v) is 4.47. The average Bonchev–Trinajstić information content (AvgIpc) is 3.47. The maximum absolute atomic E-state index is 13.6. The maximum Gasteiger partial charge on any atom is 0.357 e. The summed E-state index contributed by atoms with van der Waals surface area (Å²) in [4.78, 5) is 24.6. The highest BCUT2D eigenvalue weighted by atomic mass is 19.1. The number of anilines is 1. The van der Waals surface area contributed by atoms with Crippen molar-refractivity contribution in [1.29, 1.82) is 0 Å². The summed E-state index contributed by atoms with van der Waals surface area (Å²) in [5, 5.41) is 6.75. The Bertz CT molecular complexity index is 1060. The smallest absolute Gasteiger partial charge is 0.357 e. The molecule has 1 aromatic heterocycles. The molecular formula is C21H17F2N3O3. The molecule has 1 heterocycles.